The van der Waals surface area contributed by atoms with Crippen LogP contribution >= 0.6 is 0 Å². The molecule has 0 saturated heterocycles. The second-order valence-electron chi connectivity index (χ2n) is 9.11. The molecule has 4 rings (SSSR count). The van der Waals surface area contributed by atoms with Crippen LogP contribution < -0.4 is 4.74 Å². The van der Waals surface area contributed by atoms with Crippen molar-refractivity contribution < 1.29 is 23.8 Å². The van der Waals surface area contributed by atoms with Crippen molar-refractivity contribution in [3.8, 4) is 17.0 Å². The van der Waals surface area contributed by atoms with Crippen molar-refractivity contribution in [2.75, 3.05) is 26.7 Å². The molecule has 0 spiro atoms. The summed E-state index contributed by atoms with van der Waals surface area (Å²) >= 11 is 0. The van der Waals surface area contributed by atoms with Crippen molar-refractivity contribution in [2.24, 2.45) is 5.92 Å². The quantitative estimate of drug-likeness (QED) is 0.568. The minimum absolute atomic E-state index is 0.130. The van der Waals surface area contributed by atoms with Crippen LogP contribution in [0.3, 0.4) is 0 Å². The number of benzene rings is 1. The van der Waals surface area contributed by atoms with Crippen molar-refractivity contribution >= 4 is 11.8 Å². The third-order valence-corrected chi connectivity index (χ3v) is 6.36. The Balaban J connectivity index is 1.69. The van der Waals surface area contributed by atoms with Crippen molar-refractivity contribution in [1.82, 2.24) is 19.8 Å². The maximum atomic E-state index is 13.8. The molecule has 8 nitrogen and oxygen atoms in total. The first-order valence-corrected chi connectivity index (χ1v) is 11.8. The third-order valence-electron chi connectivity index (χ3n) is 6.36. The zero-order valence-corrected chi connectivity index (χ0v) is 20.5. The highest BCUT2D eigenvalue weighted by Crippen LogP contribution is 2.30. The number of carbonyl (C=O) groups excluding carboxylic acids is 2. The normalized spacial score (nSPS) is 18.5. The molecule has 1 aliphatic heterocycles. The van der Waals surface area contributed by atoms with Crippen LogP contribution in [0.5, 0.6) is 5.88 Å². The van der Waals surface area contributed by atoms with Gasteiger partial charge in [0.2, 0.25) is 5.88 Å². The van der Waals surface area contributed by atoms with E-state index in [2.05, 4.69) is 9.97 Å². The number of hydrogen-bond acceptors (Lipinski definition) is 6. The Labute approximate surface area is 209 Å². The monoisotopic (exact) mass is 492 g/mol. The highest BCUT2D eigenvalue weighted by molar-refractivity contribution is 5.98. The van der Waals surface area contributed by atoms with Crippen LogP contribution in [-0.4, -0.2) is 75.6 Å². The van der Waals surface area contributed by atoms with Gasteiger partial charge in [0, 0.05) is 37.5 Å². The van der Waals surface area contributed by atoms with Crippen LogP contribution in [0.2, 0.25) is 0 Å². The summed E-state index contributed by atoms with van der Waals surface area (Å²) in [5.41, 5.74) is 1.68. The van der Waals surface area contributed by atoms with E-state index in [1.54, 1.807) is 61.5 Å². The number of likely N-dealkylation sites (N-methyl/N-ethyl adjacent to an activating group) is 1. The number of carbonyl (C=O) groups is 2. The van der Waals surface area contributed by atoms with E-state index in [9.17, 15) is 19.1 Å². The van der Waals surface area contributed by atoms with Crippen LogP contribution in [-0.2, 0) is 0 Å². The molecule has 0 bridgehead atoms. The molecule has 1 aliphatic rings. The molecule has 188 valence electrons. The molecule has 1 aromatic carbocycles. The van der Waals surface area contributed by atoms with E-state index in [-0.39, 0.29) is 42.3 Å². The van der Waals surface area contributed by atoms with Gasteiger partial charge >= 0.3 is 0 Å². The summed E-state index contributed by atoms with van der Waals surface area (Å²) in [4.78, 5) is 38.1. The van der Waals surface area contributed by atoms with E-state index in [1.807, 2.05) is 6.92 Å². The number of rotatable bonds is 6. The van der Waals surface area contributed by atoms with Gasteiger partial charge in [-0.1, -0.05) is 25.1 Å². The number of nitrogens with zero attached hydrogens (tertiary/aromatic N) is 4. The van der Waals surface area contributed by atoms with E-state index in [0.29, 0.717) is 23.4 Å². The molecule has 3 aromatic rings. The first-order chi connectivity index (χ1) is 17.3. The zero-order valence-electron chi connectivity index (χ0n) is 20.5. The maximum Gasteiger partial charge on any atom is 0.272 e. The molecule has 3 heterocycles. The molecule has 1 N–H and O–H groups in total. The Hall–Kier alpha value is -3.85. The highest BCUT2D eigenvalue weighted by Gasteiger charge is 2.35. The summed E-state index contributed by atoms with van der Waals surface area (Å²) < 4.78 is 20.1. The summed E-state index contributed by atoms with van der Waals surface area (Å²) in [5.74, 6) is -1.03. The Morgan fingerprint density at radius 3 is 2.72 bits per heavy atom. The van der Waals surface area contributed by atoms with Gasteiger partial charge in [0.25, 0.3) is 11.8 Å². The Kier molecular flexibility index (Phi) is 7.59. The number of halogens is 1. The predicted octanol–water partition coefficient (Wildman–Crippen LogP) is 3.28. The molecular weight excluding hydrogens is 463 g/mol. The number of fused-ring (bicyclic) bond motifs is 1. The molecule has 9 heteroatoms. The molecule has 3 atom stereocenters. The number of pyridine rings is 2. The lowest BCUT2D eigenvalue weighted by atomic mass is 9.99. The van der Waals surface area contributed by atoms with Crippen molar-refractivity contribution in [3.05, 3.63) is 78.0 Å². The second-order valence-corrected chi connectivity index (χ2v) is 9.11. The predicted molar refractivity (Wildman–Crippen MR) is 132 cm³/mol. The van der Waals surface area contributed by atoms with Crippen LogP contribution in [0.1, 0.15) is 34.7 Å². The standard InChI is InChI=1S/C27H29FN4O4/c1-17-14-32(18(2)16-33)26(34)22-12-20(19-7-6-8-21(28)11-19)13-30-25(22)36-24(17)15-31(3)27(35)23-9-4-5-10-29-23/h4-13,17-18,24,33H,14-16H2,1-3H3/t17-,18-,24+/m1/s1. The fourth-order valence-electron chi connectivity index (χ4n) is 4.18. The first kappa shape index (κ1) is 25.2. The number of aliphatic hydroxyl groups is 1. The van der Waals surface area contributed by atoms with Crippen molar-refractivity contribution in [1.29, 1.82) is 0 Å². The molecule has 0 saturated carbocycles. The van der Waals surface area contributed by atoms with Crippen molar-refractivity contribution in [3.63, 3.8) is 0 Å². The number of ether oxygens (including phenoxy) is 1. The molecule has 0 unspecified atom stereocenters. The van der Waals surface area contributed by atoms with Crippen LogP contribution in [0.4, 0.5) is 4.39 Å². The summed E-state index contributed by atoms with van der Waals surface area (Å²) in [5, 5.41) is 9.83. The van der Waals surface area contributed by atoms with Gasteiger partial charge < -0.3 is 19.6 Å². The molecule has 36 heavy (non-hydrogen) atoms. The zero-order chi connectivity index (χ0) is 25.8. The number of amides is 2. The Morgan fingerprint density at radius 2 is 2.03 bits per heavy atom. The second kappa shape index (κ2) is 10.8. The molecule has 0 aliphatic carbocycles. The fourth-order valence-corrected chi connectivity index (χ4v) is 4.18. The van der Waals surface area contributed by atoms with Crippen LogP contribution in [0, 0.1) is 11.7 Å². The summed E-state index contributed by atoms with van der Waals surface area (Å²) in [6.07, 6.45) is 2.61. The smallest absolute Gasteiger partial charge is 0.272 e. The summed E-state index contributed by atoms with van der Waals surface area (Å²) in [6, 6.07) is 12.4. The van der Waals surface area contributed by atoms with Gasteiger partial charge in [0.05, 0.1) is 19.2 Å². The third kappa shape index (κ3) is 5.36. The van der Waals surface area contributed by atoms with Gasteiger partial charge in [-0.25, -0.2) is 9.37 Å². The van der Waals surface area contributed by atoms with Gasteiger partial charge in [-0.05, 0) is 42.8 Å². The van der Waals surface area contributed by atoms with Gasteiger partial charge in [-0.3, -0.25) is 14.6 Å². The maximum absolute atomic E-state index is 13.8. The van der Waals surface area contributed by atoms with E-state index < -0.39 is 18.0 Å². The SMILES string of the molecule is C[C@@H]1CN([C@H](C)CO)C(=O)c2cc(-c3cccc(F)c3)cnc2O[C@H]1CN(C)C(=O)c1ccccn1. The van der Waals surface area contributed by atoms with E-state index in [1.165, 1.54) is 23.2 Å². The number of aromatic nitrogens is 2. The topological polar surface area (TPSA) is 95.9 Å². The number of aliphatic hydroxyl groups excluding tert-OH is 1. The molecule has 0 fully saturated rings. The first-order valence-electron chi connectivity index (χ1n) is 11.8. The summed E-state index contributed by atoms with van der Waals surface area (Å²) in [7, 11) is 1.67. The van der Waals surface area contributed by atoms with Gasteiger partial charge in [0.1, 0.15) is 23.2 Å². The Bertz CT molecular complexity index is 1240. The Morgan fingerprint density at radius 1 is 1.22 bits per heavy atom. The molecule has 0 radical (unpaired) electrons. The minimum Gasteiger partial charge on any atom is -0.472 e. The molecule has 2 aromatic heterocycles. The minimum atomic E-state index is -0.490. The van der Waals surface area contributed by atoms with Gasteiger partial charge in [-0.2, -0.15) is 0 Å². The van der Waals surface area contributed by atoms with Gasteiger partial charge in [0.15, 0.2) is 0 Å². The molecular formula is C27H29FN4O4. The largest absolute Gasteiger partial charge is 0.472 e. The van der Waals surface area contributed by atoms with Gasteiger partial charge in [-0.15, -0.1) is 0 Å². The lowest BCUT2D eigenvalue weighted by Crippen LogP contribution is -2.50. The molecule has 2 amide bonds. The van der Waals surface area contributed by atoms with E-state index in [4.69, 9.17) is 4.74 Å². The van der Waals surface area contributed by atoms with Crippen LogP contribution in [0.15, 0.2) is 60.9 Å². The average molecular weight is 493 g/mol. The highest BCUT2D eigenvalue weighted by atomic mass is 19.1. The average Bonchev–Trinajstić information content (AvgIpc) is 2.90. The fraction of sp³-hybridized carbons (Fsp3) is 0.333. The van der Waals surface area contributed by atoms with Crippen molar-refractivity contribution in [2.45, 2.75) is 26.0 Å². The van der Waals surface area contributed by atoms with E-state index in [0.717, 1.165) is 0 Å². The summed E-state index contributed by atoms with van der Waals surface area (Å²) in [6.45, 7) is 4.02. The van der Waals surface area contributed by atoms with E-state index >= 15 is 0 Å². The van der Waals surface area contributed by atoms with Crippen LogP contribution in [0.25, 0.3) is 11.1 Å². The lowest BCUT2D eigenvalue weighted by molar-refractivity contribution is 0.0312. The number of hydrogen-bond donors (Lipinski definition) is 1. The lowest BCUT2D eigenvalue weighted by Gasteiger charge is -2.37.